The molecular formula is C18H20N2O. The van der Waals surface area contributed by atoms with Gasteiger partial charge in [-0.15, -0.1) is 0 Å². The van der Waals surface area contributed by atoms with E-state index in [2.05, 4.69) is 35.3 Å². The number of rotatable bonds is 3. The molecule has 21 heavy (non-hydrogen) atoms. The van der Waals surface area contributed by atoms with Crippen LogP contribution in [0.1, 0.15) is 18.1 Å². The third-order valence-electron chi connectivity index (χ3n) is 4.00. The van der Waals surface area contributed by atoms with Crippen LogP contribution in [-0.2, 0) is 11.2 Å². The molecule has 0 fully saturated rings. The Hall–Kier alpha value is -2.29. The molecule has 0 bridgehead atoms. The van der Waals surface area contributed by atoms with Crippen LogP contribution in [0.4, 0.5) is 11.4 Å². The molecule has 0 aliphatic carbocycles. The Kier molecular flexibility index (Phi) is 3.65. The molecular weight excluding hydrogens is 260 g/mol. The van der Waals surface area contributed by atoms with Crippen molar-refractivity contribution >= 4 is 17.3 Å². The molecule has 2 aromatic carbocycles. The lowest BCUT2D eigenvalue weighted by atomic mass is 10.1. The largest absolute Gasteiger partial charge is 0.359 e. The molecule has 1 amide bonds. The molecule has 0 saturated carbocycles. The third kappa shape index (κ3) is 2.92. The van der Waals surface area contributed by atoms with Crippen LogP contribution in [0.2, 0.25) is 0 Å². The maximum absolute atomic E-state index is 12.3. The van der Waals surface area contributed by atoms with E-state index >= 15 is 0 Å². The number of fused-ring (bicyclic) bond motifs is 1. The summed E-state index contributed by atoms with van der Waals surface area (Å²) in [5.74, 6) is 0.0300. The predicted octanol–water partition coefficient (Wildman–Crippen LogP) is 3.38. The van der Waals surface area contributed by atoms with Crippen molar-refractivity contribution in [3.05, 3.63) is 59.7 Å². The Bertz CT molecular complexity index is 649. The first kappa shape index (κ1) is 13.7. The average Bonchev–Trinajstić information content (AvgIpc) is 2.78. The normalized spacial score (nSPS) is 16.7. The first-order valence-corrected chi connectivity index (χ1v) is 7.34. The first-order valence-electron chi connectivity index (χ1n) is 7.34. The van der Waals surface area contributed by atoms with E-state index in [4.69, 9.17) is 0 Å². The number of hydrogen-bond donors (Lipinski definition) is 1. The lowest BCUT2D eigenvalue weighted by molar-refractivity contribution is -0.115. The number of nitrogens with one attached hydrogen (secondary N) is 1. The topological polar surface area (TPSA) is 32.3 Å². The summed E-state index contributed by atoms with van der Waals surface area (Å²) in [6.07, 6.45) is 1.01. The minimum Gasteiger partial charge on any atom is -0.359 e. The van der Waals surface area contributed by atoms with Crippen molar-refractivity contribution in [3.63, 3.8) is 0 Å². The van der Waals surface area contributed by atoms with Crippen LogP contribution in [0, 0.1) is 6.92 Å². The number of benzene rings is 2. The van der Waals surface area contributed by atoms with Crippen LogP contribution in [-0.4, -0.2) is 18.5 Å². The van der Waals surface area contributed by atoms with E-state index in [1.54, 1.807) is 0 Å². The van der Waals surface area contributed by atoms with Gasteiger partial charge in [0, 0.05) is 17.4 Å². The summed E-state index contributed by atoms with van der Waals surface area (Å²) in [7, 11) is 0. The molecule has 0 spiro atoms. The number of carbonyl (C=O) groups is 1. The van der Waals surface area contributed by atoms with Crippen LogP contribution in [0.3, 0.4) is 0 Å². The van der Waals surface area contributed by atoms with Gasteiger partial charge in [-0.25, -0.2) is 0 Å². The van der Waals surface area contributed by atoms with Gasteiger partial charge in [0.2, 0.25) is 5.91 Å². The summed E-state index contributed by atoms with van der Waals surface area (Å²) in [6, 6.07) is 16.6. The number of para-hydroxylation sites is 1. The Labute approximate surface area is 125 Å². The SMILES string of the molecule is Cc1ccc(NC(=O)CN2c3ccccc3CC2C)cc1. The van der Waals surface area contributed by atoms with E-state index in [9.17, 15) is 4.79 Å². The Morgan fingerprint density at radius 3 is 2.67 bits per heavy atom. The van der Waals surface area contributed by atoms with Gasteiger partial charge >= 0.3 is 0 Å². The van der Waals surface area contributed by atoms with Gasteiger partial charge in [0.1, 0.15) is 0 Å². The molecule has 1 heterocycles. The van der Waals surface area contributed by atoms with Crippen LogP contribution >= 0.6 is 0 Å². The van der Waals surface area contributed by atoms with E-state index in [0.29, 0.717) is 12.6 Å². The zero-order valence-corrected chi connectivity index (χ0v) is 12.5. The van der Waals surface area contributed by atoms with Gasteiger partial charge in [0.05, 0.1) is 6.54 Å². The Morgan fingerprint density at radius 2 is 1.90 bits per heavy atom. The van der Waals surface area contributed by atoms with Gasteiger partial charge in [0.25, 0.3) is 0 Å². The zero-order valence-electron chi connectivity index (χ0n) is 12.5. The highest BCUT2D eigenvalue weighted by Crippen LogP contribution is 2.31. The summed E-state index contributed by atoms with van der Waals surface area (Å²) in [4.78, 5) is 14.4. The van der Waals surface area contributed by atoms with E-state index in [1.807, 2.05) is 37.3 Å². The molecule has 3 heteroatoms. The maximum Gasteiger partial charge on any atom is 0.243 e. The molecule has 1 unspecified atom stereocenters. The number of aryl methyl sites for hydroxylation is 1. The summed E-state index contributed by atoms with van der Waals surface area (Å²) in [5.41, 5.74) is 4.55. The Balaban J connectivity index is 1.69. The molecule has 3 rings (SSSR count). The highest BCUT2D eigenvalue weighted by molar-refractivity contribution is 5.94. The Morgan fingerprint density at radius 1 is 1.19 bits per heavy atom. The van der Waals surface area contributed by atoms with Crippen LogP contribution in [0.25, 0.3) is 0 Å². The molecule has 1 N–H and O–H groups in total. The molecule has 3 nitrogen and oxygen atoms in total. The first-order chi connectivity index (χ1) is 10.1. The maximum atomic E-state index is 12.3. The minimum absolute atomic E-state index is 0.0300. The fraction of sp³-hybridized carbons (Fsp3) is 0.278. The van der Waals surface area contributed by atoms with E-state index < -0.39 is 0 Å². The molecule has 2 aromatic rings. The van der Waals surface area contributed by atoms with E-state index in [-0.39, 0.29) is 5.91 Å². The van der Waals surface area contributed by atoms with Gasteiger partial charge in [-0.05, 0) is 44.0 Å². The molecule has 108 valence electrons. The number of nitrogens with zero attached hydrogens (tertiary/aromatic N) is 1. The van der Waals surface area contributed by atoms with Gasteiger partial charge in [-0.2, -0.15) is 0 Å². The fourth-order valence-corrected chi connectivity index (χ4v) is 2.86. The number of anilines is 2. The van der Waals surface area contributed by atoms with Crippen molar-refractivity contribution in [2.45, 2.75) is 26.3 Å². The van der Waals surface area contributed by atoms with Crippen LogP contribution in [0.15, 0.2) is 48.5 Å². The minimum atomic E-state index is 0.0300. The second-order valence-electron chi connectivity index (χ2n) is 5.72. The lowest BCUT2D eigenvalue weighted by Crippen LogP contribution is -2.37. The predicted molar refractivity (Wildman–Crippen MR) is 86.8 cm³/mol. The van der Waals surface area contributed by atoms with E-state index in [1.165, 1.54) is 16.8 Å². The second kappa shape index (κ2) is 5.60. The molecule has 0 saturated heterocycles. The highest BCUT2D eigenvalue weighted by Gasteiger charge is 2.26. The van der Waals surface area contributed by atoms with Crippen LogP contribution in [0.5, 0.6) is 0 Å². The summed E-state index contributed by atoms with van der Waals surface area (Å²) < 4.78 is 0. The summed E-state index contributed by atoms with van der Waals surface area (Å²) in [6.45, 7) is 4.60. The van der Waals surface area contributed by atoms with Crippen LogP contribution < -0.4 is 10.2 Å². The van der Waals surface area contributed by atoms with Crippen molar-refractivity contribution < 1.29 is 4.79 Å². The molecule has 1 atom stereocenters. The fourth-order valence-electron chi connectivity index (χ4n) is 2.86. The third-order valence-corrected chi connectivity index (χ3v) is 4.00. The van der Waals surface area contributed by atoms with E-state index in [0.717, 1.165) is 12.1 Å². The number of hydrogen-bond acceptors (Lipinski definition) is 2. The van der Waals surface area contributed by atoms with Gasteiger partial charge < -0.3 is 10.2 Å². The average molecular weight is 280 g/mol. The molecule has 1 aliphatic heterocycles. The van der Waals surface area contributed by atoms with Gasteiger partial charge in [0.15, 0.2) is 0 Å². The molecule has 0 aromatic heterocycles. The van der Waals surface area contributed by atoms with Gasteiger partial charge in [-0.3, -0.25) is 4.79 Å². The van der Waals surface area contributed by atoms with Crippen molar-refractivity contribution in [1.82, 2.24) is 0 Å². The standard InChI is InChI=1S/C18H20N2O/c1-13-7-9-16(10-8-13)19-18(21)12-20-14(2)11-15-5-3-4-6-17(15)20/h3-10,14H,11-12H2,1-2H3,(H,19,21). The second-order valence-corrected chi connectivity index (χ2v) is 5.72. The number of amides is 1. The molecule has 0 radical (unpaired) electrons. The van der Waals surface area contributed by atoms with Crippen molar-refractivity contribution in [1.29, 1.82) is 0 Å². The summed E-state index contributed by atoms with van der Waals surface area (Å²) >= 11 is 0. The smallest absolute Gasteiger partial charge is 0.243 e. The quantitative estimate of drug-likeness (QED) is 0.934. The monoisotopic (exact) mass is 280 g/mol. The van der Waals surface area contributed by atoms with Crippen molar-refractivity contribution in [3.8, 4) is 0 Å². The highest BCUT2D eigenvalue weighted by atomic mass is 16.2. The number of carbonyl (C=O) groups excluding carboxylic acids is 1. The van der Waals surface area contributed by atoms with Crippen molar-refractivity contribution in [2.75, 3.05) is 16.8 Å². The molecule has 1 aliphatic rings. The van der Waals surface area contributed by atoms with Crippen molar-refractivity contribution in [2.24, 2.45) is 0 Å². The zero-order chi connectivity index (χ0) is 14.8. The van der Waals surface area contributed by atoms with Gasteiger partial charge in [-0.1, -0.05) is 35.9 Å². The lowest BCUT2D eigenvalue weighted by Gasteiger charge is -2.24. The summed E-state index contributed by atoms with van der Waals surface area (Å²) in [5, 5.41) is 2.97.